The predicted molar refractivity (Wildman–Crippen MR) is 102 cm³/mol. The van der Waals surface area contributed by atoms with E-state index in [0.717, 1.165) is 17.7 Å². The number of aromatic nitrogens is 1. The number of pyridine rings is 1. The van der Waals surface area contributed by atoms with Gasteiger partial charge in [-0.2, -0.15) is 13.2 Å². The molecule has 0 aliphatic rings. The number of hydrogen-bond acceptors (Lipinski definition) is 4. The van der Waals surface area contributed by atoms with Crippen LogP contribution < -0.4 is 14.8 Å². The molecule has 1 heterocycles. The molecule has 0 aliphatic heterocycles. The minimum atomic E-state index is -4.43. The van der Waals surface area contributed by atoms with Crippen LogP contribution in [0.1, 0.15) is 15.9 Å². The molecule has 3 rings (SSSR count). The third-order valence-electron chi connectivity index (χ3n) is 4.18. The van der Waals surface area contributed by atoms with Gasteiger partial charge in [-0.25, -0.2) is 0 Å². The number of benzene rings is 2. The number of rotatable bonds is 5. The van der Waals surface area contributed by atoms with Crippen molar-refractivity contribution in [2.24, 2.45) is 0 Å². The van der Waals surface area contributed by atoms with E-state index in [1.165, 1.54) is 25.4 Å². The average molecular weight is 402 g/mol. The summed E-state index contributed by atoms with van der Waals surface area (Å²) in [6, 6.07) is 12.7. The van der Waals surface area contributed by atoms with Crippen LogP contribution in [0.25, 0.3) is 11.3 Å². The van der Waals surface area contributed by atoms with Gasteiger partial charge in [-0.15, -0.1) is 0 Å². The topological polar surface area (TPSA) is 60.5 Å². The van der Waals surface area contributed by atoms with Gasteiger partial charge in [-0.1, -0.05) is 0 Å². The van der Waals surface area contributed by atoms with Crippen LogP contribution in [0.15, 0.2) is 60.8 Å². The van der Waals surface area contributed by atoms with Crippen LogP contribution in [0.3, 0.4) is 0 Å². The second-order valence-corrected chi connectivity index (χ2v) is 6.03. The quantitative estimate of drug-likeness (QED) is 0.650. The highest BCUT2D eigenvalue weighted by atomic mass is 19.4. The van der Waals surface area contributed by atoms with Crippen LogP contribution in [0.4, 0.5) is 18.9 Å². The first kappa shape index (κ1) is 20.2. The standard InChI is InChI=1S/C21H17F3N2O3/c1-28-16-8-9-17(19(11-16)29-2)18-10-3-13(12-25-18)20(27)26-15-6-4-14(5-7-15)21(22,23)24/h3-12H,1-2H3,(H,26,27). The lowest BCUT2D eigenvalue weighted by atomic mass is 10.1. The van der Waals surface area contributed by atoms with E-state index in [2.05, 4.69) is 10.3 Å². The zero-order valence-corrected chi connectivity index (χ0v) is 15.6. The van der Waals surface area contributed by atoms with Crippen LogP contribution in [0.2, 0.25) is 0 Å². The number of halogens is 3. The monoisotopic (exact) mass is 402 g/mol. The molecule has 0 aliphatic carbocycles. The minimum Gasteiger partial charge on any atom is -0.497 e. The molecule has 0 unspecified atom stereocenters. The molecule has 2 aromatic carbocycles. The summed E-state index contributed by atoms with van der Waals surface area (Å²) in [4.78, 5) is 16.6. The van der Waals surface area contributed by atoms with E-state index in [4.69, 9.17) is 9.47 Å². The number of nitrogens with zero attached hydrogens (tertiary/aromatic N) is 1. The maximum atomic E-state index is 12.6. The highest BCUT2D eigenvalue weighted by Gasteiger charge is 2.30. The summed E-state index contributed by atoms with van der Waals surface area (Å²) in [5, 5.41) is 2.55. The Kier molecular flexibility index (Phi) is 5.72. The van der Waals surface area contributed by atoms with Crippen molar-refractivity contribution < 1.29 is 27.4 Å². The lowest BCUT2D eigenvalue weighted by Gasteiger charge is -2.11. The van der Waals surface area contributed by atoms with Crippen molar-refractivity contribution in [3.05, 3.63) is 71.9 Å². The summed E-state index contributed by atoms with van der Waals surface area (Å²) in [5.41, 5.74) is 1.05. The largest absolute Gasteiger partial charge is 0.497 e. The normalized spacial score (nSPS) is 11.1. The molecule has 0 bridgehead atoms. The van der Waals surface area contributed by atoms with Crippen molar-refractivity contribution in [1.82, 2.24) is 4.98 Å². The maximum Gasteiger partial charge on any atom is 0.416 e. The van der Waals surface area contributed by atoms with Gasteiger partial charge < -0.3 is 14.8 Å². The molecule has 0 saturated carbocycles. The SMILES string of the molecule is COc1ccc(-c2ccc(C(=O)Nc3ccc(C(F)(F)F)cc3)cn2)c(OC)c1. The number of methoxy groups -OCH3 is 2. The molecule has 0 saturated heterocycles. The Labute approximate surface area is 165 Å². The fourth-order valence-electron chi connectivity index (χ4n) is 2.64. The van der Waals surface area contributed by atoms with Gasteiger partial charge in [0, 0.05) is 23.5 Å². The Hall–Kier alpha value is -3.55. The molecule has 0 spiro atoms. The van der Waals surface area contributed by atoms with Crippen molar-refractivity contribution in [3.8, 4) is 22.8 Å². The van der Waals surface area contributed by atoms with Gasteiger partial charge in [-0.05, 0) is 48.5 Å². The van der Waals surface area contributed by atoms with E-state index in [0.29, 0.717) is 17.2 Å². The molecule has 150 valence electrons. The summed E-state index contributed by atoms with van der Waals surface area (Å²) in [6.45, 7) is 0. The maximum absolute atomic E-state index is 12.6. The Morgan fingerprint density at radius 3 is 2.24 bits per heavy atom. The Balaban J connectivity index is 1.75. The Morgan fingerprint density at radius 1 is 0.966 bits per heavy atom. The van der Waals surface area contributed by atoms with Gasteiger partial charge in [0.1, 0.15) is 11.5 Å². The first-order valence-corrected chi connectivity index (χ1v) is 8.49. The van der Waals surface area contributed by atoms with Crippen LogP contribution in [0, 0.1) is 0 Å². The number of amides is 1. The zero-order valence-electron chi connectivity index (χ0n) is 15.6. The Morgan fingerprint density at radius 2 is 1.69 bits per heavy atom. The van der Waals surface area contributed by atoms with Gasteiger partial charge in [0.15, 0.2) is 0 Å². The van der Waals surface area contributed by atoms with Crippen molar-refractivity contribution in [1.29, 1.82) is 0 Å². The number of ether oxygens (including phenoxy) is 2. The van der Waals surface area contributed by atoms with Crippen LogP contribution in [0.5, 0.6) is 11.5 Å². The number of carbonyl (C=O) groups excluding carboxylic acids is 1. The van der Waals surface area contributed by atoms with Crippen LogP contribution in [-0.2, 0) is 6.18 Å². The number of hydrogen-bond donors (Lipinski definition) is 1. The van der Waals surface area contributed by atoms with E-state index in [1.807, 2.05) is 0 Å². The molecule has 1 amide bonds. The van der Waals surface area contributed by atoms with Crippen molar-refractivity contribution >= 4 is 11.6 Å². The first-order valence-electron chi connectivity index (χ1n) is 8.49. The molecular weight excluding hydrogens is 385 g/mol. The third-order valence-corrected chi connectivity index (χ3v) is 4.18. The Bertz CT molecular complexity index is 1000. The summed E-state index contributed by atoms with van der Waals surface area (Å²) in [5.74, 6) is 0.724. The van der Waals surface area contributed by atoms with Gasteiger partial charge in [0.2, 0.25) is 0 Å². The van der Waals surface area contributed by atoms with Crippen LogP contribution >= 0.6 is 0 Å². The van der Waals surface area contributed by atoms with Gasteiger partial charge in [-0.3, -0.25) is 9.78 Å². The summed E-state index contributed by atoms with van der Waals surface area (Å²) < 4.78 is 48.3. The molecule has 0 atom stereocenters. The van der Waals surface area contributed by atoms with E-state index in [9.17, 15) is 18.0 Å². The van der Waals surface area contributed by atoms with Gasteiger partial charge in [0.25, 0.3) is 5.91 Å². The van der Waals surface area contributed by atoms with E-state index in [1.54, 1.807) is 37.4 Å². The molecular formula is C21H17F3N2O3. The van der Waals surface area contributed by atoms with Crippen molar-refractivity contribution in [3.63, 3.8) is 0 Å². The van der Waals surface area contributed by atoms with Gasteiger partial charge >= 0.3 is 6.18 Å². The lowest BCUT2D eigenvalue weighted by molar-refractivity contribution is -0.137. The fourth-order valence-corrected chi connectivity index (χ4v) is 2.64. The van der Waals surface area contributed by atoms with Gasteiger partial charge in [0.05, 0.1) is 31.0 Å². The molecule has 29 heavy (non-hydrogen) atoms. The first-order chi connectivity index (χ1) is 13.8. The summed E-state index contributed by atoms with van der Waals surface area (Å²) >= 11 is 0. The predicted octanol–water partition coefficient (Wildman–Crippen LogP) is 5.04. The molecule has 1 aromatic heterocycles. The smallest absolute Gasteiger partial charge is 0.416 e. The molecule has 5 nitrogen and oxygen atoms in total. The second kappa shape index (κ2) is 8.22. The molecule has 0 fully saturated rings. The fraction of sp³-hybridized carbons (Fsp3) is 0.143. The third kappa shape index (κ3) is 4.66. The minimum absolute atomic E-state index is 0.254. The number of nitrogens with one attached hydrogen (secondary N) is 1. The summed E-state index contributed by atoms with van der Waals surface area (Å²) in [7, 11) is 3.08. The molecule has 1 N–H and O–H groups in total. The molecule has 8 heteroatoms. The van der Waals surface area contributed by atoms with E-state index in [-0.39, 0.29) is 11.3 Å². The zero-order chi connectivity index (χ0) is 21.0. The highest BCUT2D eigenvalue weighted by molar-refractivity contribution is 6.04. The van der Waals surface area contributed by atoms with Crippen molar-refractivity contribution in [2.45, 2.75) is 6.18 Å². The molecule has 3 aromatic rings. The summed E-state index contributed by atoms with van der Waals surface area (Å²) in [6.07, 6.45) is -3.04. The highest BCUT2D eigenvalue weighted by Crippen LogP contribution is 2.32. The van der Waals surface area contributed by atoms with E-state index >= 15 is 0 Å². The van der Waals surface area contributed by atoms with Crippen LogP contribution in [-0.4, -0.2) is 25.1 Å². The van der Waals surface area contributed by atoms with E-state index < -0.39 is 17.6 Å². The molecule has 0 radical (unpaired) electrons. The number of carbonyl (C=O) groups is 1. The van der Waals surface area contributed by atoms with Crippen molar-refractivity contribution in [2.75, 3.05) is 19.5 Å². The second-order valence-electron chi connectivity index (χ2n) is 6.03. The average Bonchev–Trinajstić information content (AvgIpc) is 2.73. The number of anilines is 1. The lowest BCUT2D eigenvalue weighted by Crippen LogP contribution is -2.12. The number of alkyl halides is 3.